The Morgan fingerprint density at radius 1 is 1.39 bits per heavy atom. The highest BCUT2D eigenvalue weighted by Crippen LogP contribution is 2.28. The van der Waals surface area contributed by atoms with Crippen molar-refractivity contribution in [3.8, 4) is 0 Å². The lowest BCUT2D eigenvalue weighted by Gasteiger charge is -2.11. The van der Waals surface area contributed by atoms with E-state index in [0.717, 1.165) is 10.9 Å². The van der Waals surface area contributed by atoms with E-state index in [1.165, 1.54) is 11.8 Å². The van der Waals surface area contributed by atoms with E-state index in [1.54, 1.807) is 13.0 Å². The summed E-state index contributed by atoms with van der Waals surface area (Å²) in [6, 6.07) is 5.50. The van der Waals surface area contributed by atoms with Crippen molar-refractivity contribution < 1.29 is 9.53 Å². The molecule has 0 radical (unpaired) electrons. The van der Waals surface area contributed by atoms with Gasteiger partial charge >= 0.3 is 5.97 Å². The molecule has 0 spiro atoms. The molecule has 0 amide bonds. The second-order valence-corrected chi connectivity index (χ2v) is 6.48. The Morgan fingerprint density at radius 2 is 2.22 bits per heavy atom. The number of halogens is 1. The van der Waals surface area contributed by atoms with Crippen LogP contribution in [-0.2, 0) is 9.53 Å². The number of fused-ring (bicyclic) bond motifs is 3. The molecule has 6 nitrogen and oxygen atoms in total. The predicted molar refractivity (Wildman–Crippen MR) is 90.8 cm³/mol. The molecule has 0 aliphatic heterocycles. The normalized spacial score (nSPS) is 12.7. The number of benzene rings is 1. The number of nitrogens with one attached hydrogen (secondary N) is 1. The predicted octanol–water partition coefficient (Wildman–Crippen LogP) is 3.59. The highest BCUT2D eigenvalue weighted by molar-refractivity contribution is 8.00. The van der Waals surface area contributed by atoms with E-state index in [4.69, 9.17) is 16.3 Å². The third-order valence-corrected chi connectivity index (χ3v) is 4.75. The van der Waals surface area contributed by atoms with Gasteiger partial charge in [0.15, 0.2) is 5.65 Å². The summed E-state index contributed by atoms with van der Waals surface area (Å²) in [6.45, 7) is 4.07. The van der Waals surface area contributed by atoms with Gasteiger partial charge in [-0.1, -0.05) is 30.3 Å². The van der Waals surface area contributed by atoms with Crippen LogP contribution in [0.25, 0.3) is 22.1 Å². The van der Waals surface area contributed by atoms with E-state index in [0.29, 0.717) is 34.4 Å². The summed E-state index contributed by atoms with van der Waals surface area (Å²) in [5.41, 5.74) is 2.18. The quantitative estimate of drug-likeness (QED) is 0.559. The number of hydrogen-bond acceptors (Lipinski definition) is 6. The minimum atomic E-state index is -0.340. The van der Waals surface area contributed by atoms with Crippen LogP contribution in [0.3, 0.4) is 0 Å². The first-order chi connectivity index (χ1) is 11.1. The topological polar surface area (TPSA) is 80.8 Å². The summed E-state index contributed by atoms with van der Waals surface area (Å²) in [7, 11) is 0. The molecule has 0 fully saturated rings. The Morgan fingerprint density at radius 3 is 2.96 bits per heavy atom. The Bertz CT molecular complexity index is 867. The highest BCUT2D eigenvalue weighted by atomic mass is 35.5. The molecule has 23 heavy (non-hydrogen) atoms. The van der Waals surface area contributed by atoms with E-state index < -0.39 is 0 Å². The Kier molecular flexibility index (Phi) is 4.68. The maximum atomic E-state index is 11.9. The molecule has 0 saturated carbocycles. The second kappa shape index (κ2) is 6.72. The molecule has 2 heterocycles. The average molecular weight is 351 g/mol. The third kappa shape index (κ3) is 3.25. The fourth-order valence-electron chi connectivity index (χ4n) is 2.24. The minimum absolute atomic E-state index is 0.257. The van der Waals surface area contributed by atoms with Crippen LogP contribution in [0.5, 0.6) is 0 Å². The maximum absolute atomic E-state index is 11.9. The van der Waals surface area contributed by atoms with E-state index in [1.807, 2.05) is 19.1 Å². The van der Waals surface area contributed by atoms with E-state index >= 15 is 0 Å². The van der Waals surface area contributed by atoms with Gasteiger partial charge in [0.1, 0.15) is 10.8 Å². The first-order valence-electron chi connectivity index (χ1n) is 7.27. The molecule has 3 rings (SSSR count). The summed E-state index contributed by atoms with van der Waals surface area (Å²) in [6.07, 6.45) is 0.632. The molecule has 0 saturated heterocycles. The molecule has 8 heteroatoms. The van der Waals surface area contributed by atoms with Gasteiger partial charge in [-0.25, -0.2) is 4.98 Å². The zero-order chi connectivity index (χ0) is 16.4. The molecule has 3 aromatic rings. The second-order valence-electron chi connectivity index (χ2n) is 4.87. The first-order valence-corrected chi connectivity index (χ1v) is 8.53. The van der Waals surface area contributed by atoms with Gasteiger partial charge < -0.3 is 9.72 Å². The molecular weight excluding hydrogens is 336 g/mol. The fourth-order valence-corrected chi connectivity index (χ4v) is 3.23. The van der Waals surface area contributed by atoms with Crippen molar-refractivity contribution in [2.24, 2.45) is 0 Å². The largest absolute Gasteiger partial charge is 0.465 e. The fraction of sp³-hybridized carbons (Fsp3) is 0.333. The van der Waals surface area contributed by atoms with Crippen LogP contribution in [-0.4, -0.2) is 38.0 Å². The van der Waals surface area contributed by atoms with Crippen molar-refractivity contribution in [2.45, 2.75) is 30.7 Å². The Labute approximate surface area is 142 Å². The third-order valence-electron chi connectivity index (χ3n) is 3.33. The lowest BCUT2D eigenvalue weighted by Crippen LogP contribution is -2.19. The number of rotatable bonds is 5. The van der Waals surface area contributed by atoms with Gasteiger partial charge in [-0.3, -0.25) is 4.79 Å². The number of carbonyl (C=O) groups is 1. The van der Waals surface area contributed by atoms with Crippen molar-refractivity contribution >= 4 is 51.4 Å². The summed E-state index contributed by atoms with van der Waals surface area (Å²) in [5.74, 6) is -0.257. The van der Waals surface area contributed by atoms with Gasteiger partial charge in [0.25, 0.3) is 0 Å². The summed E-state index contributed by atoms with van der Waals surface area (Å²) in [5, 5.41) is 9.96. The number of carbonyl (C=O) groups excluding carboxylic acids is 1. The van der Waals surface area contributed by atoms with Crippen molar-refractivity contribution in [1.29, 1.82) is 0 Å². The van der Waals surface area contributed by atoms with E-state index in [-0.39, 0.29) is 11.2 Å². The van der Waals surface area contributed by atoms with Gasteiger partial charge in [-0.2, -0.15) is 0 Å². The molecule has 0 aliphatic rings. The van der Waals surface area contributed by atoms with Gasteiger partial charge in [0, 0.05) is 15.9 Å². The number of ether oxygens (including phenoxy) is 1. The molecule has 0 aliphatic carbocycles. The van der Waals surface area contributed by atoms with Crippen LogP contribution in [0.15, 0.2) is 23.4 Å². The number of aromatic amines is 1. The number of H-pyrrole nitrogens is 1. The van der Waals surface area contributed by atoms with Gasteiger partial charge in [-0.15, -0.1) is 10.2 Å². The smallest absolute Gasteiger partial charge is 0.319 e. The van der Waals surface area contributed by atoms with Crippen LogP contribution in [0.4, 0.5) is 0 Å². The highest BCUT2D eigenvalue weighted by Gasteiger charge is 2.21. The van der Waals surface area contributed by atoms with Crippen LogP contribution in [0, 0.1) is 0 Å². The van der Waals surface area contributed by atoms with Crippen molar-refractivity contribution in [3.63, 3.8) is 0 Å². The standard InChI is InChI=1S/C15H15ClN4O2S/c1-3-11(14(21)22-4-2)23-15-18-13-12(19-20-15)9-7-8(16)5-6-10(9)17-13/h5-7,11H,3-4H2,1-2H3,(H,17,18,20)/t11-/m1/s1. The van der Waals surface area contributed by atoms with Crippen molar-refractivity contribution in [1.82, 2.24) is 20.2 Å². The van der Waals surface area contributed by atoms with Gasteiger partial charge in [0.05, 0.1) is 6.61 Å². The molecule has 1 N–H and O–H groups in total. The molecule has 1 aromatic carbocycles. The lowest BCUT2D eigenvalue weighted by atomic mass is 10.2. The van der Waals surface area contributed by atoms with Crippen LogP contribution >= 0.6 is 23.4 Å². The molecule has 2 aromatic heterocycles. The molecular formula is C15H15ClN4O2S. The summed E-state index contributed by atoms with van der Waals surface area (Å²) < 4.78 is 5.06. The number of thioether (sulfide) groups is 1. The van der Waals surface area contributed by atoms with Crippen LogP contribution in [0.2, 0.25) is 5.02 Å². The SMILES string of the molecule is CCOC(=O)[C@@H](CC)Sc1nnc2c(n1)[nH]c1ccc(Cl)cc12. The van der Waals surface area contributed by atoms with E-state index in [2.05, 4.69) is 20.2 Å². The van der Waals surface area contributed by atoms with Gasteiger partial charge in [0.2, 0.25) is 5.16 Å². The minimum Gasteiger partial charge on any atom is -0.465 e. The number of nitrogens with zero attached hydrogens (tertiary/aromatic N) is 3. The van der Waals surface area contributed by atoms with Crippen molar-refractivity contribution in [2.75, 3.05) is 6.61 Å². The number of aromatic nitrogens is 4. The first kappa shape index (κ1) is 16.0. The van der Waals surface area contributed by atoms with Crippen LogP contribution in [0.1, 0.15) is 20.3 Å². The zero-order valence-corrected chi connectivity index (χ0v) is 14.2. The van der Waals surface area contributed by atoms with Gasteiger partial charge in [-0.05, 0) is 31.5 Å². The Hall–Kier alpha value is -1.86. The Balaban J connectivity index is 1.93. The number of hydrogen-bond donors (Lipinski definition) is 1. The van der Waals surface area contributed by atoms with E-state index in [9.17, 15) is 4.79 Å². The maximum Gasteiger partial charge on any atom is 0.319 e. The average Bonchev–Trinajstić information content (AvgIpc) is 2.89. The number of esters is 1. The molecule has 0 bridgehead atoms. The monoisotopic (exact) mass is 350 g/mol. The lowest BCUT2D eigenvalue weighted by molar-refractivity contribution is -0.142. The summed E-state index contributed by atoms with van der Waals surface area (Å²) >= 11 is 7.28. The molecule has 1 atom stereocenters. The summed E-state index contributed by atoms with van der Waals surface area (Å²) in [4.78, 5) is 19.5. The zero-order valence-electron chi connectivity index (χ0n) is 12.7. The molecule has 0 unspecified atom stereocenters. The van der Waals surface area contributed by atoms with Crippen molar-refractivity contribution in [3.05, 3.63) is 23.2 Å². The molecule has 120 valence electrons. The van der Waals surface area contributed by atoms with Crippen LogP contribution < -0.4 is 0 Å².